The fourth-order valence-corrected chi connectivity index (χ4v) is 1.13. The van der Waals surface area contributed by atoms with Crippen molar-refractivity contribution in [3.63, 3.8) is 0 Å². The van der Waals surface area contributed by atoms with Gasteiger partial charge >= 0.3 is 0 Å². The van der Waals surface area contributed by atoms with E-state index in [1.165, 1.54) is 24.3 Å². The van der Waals surface area contributed by atoms with E-state index in [1.807, 2.05) is 0 Å². The summed E-state index contributed by atoms with van der Waals surface area (Å²) in [6.07, 6.45) is -0.662. The number of nitro benzene ring substituents is 1. The summed E-state index contributed by atoms with van der Waals surface area (Å²) in [5.74, 6) is -0.0405. The van der Waals surface area contributed by atoms with Crippen molar-refractivity contribution in [2.75, 3.05) is 13.2 Å². The van der Waals surface area contributed by atoms with Crippen molar-refractivity contribution in [2.24, 2.45) is 5.73 Å². The molecule has 1 rings (SSSR count). The van der Waals surface area contributed by atoms with Crippen LogP contribution in [0.5, 0.6) is 5.75 Å². The summed E-state index contributed by atoms with van der Waals surface area (Å²) in [5.41, 5.74) is 5.01. The molecule has 1 unspecified atom stereocenters. The molecule has 0 bridgehead atoms. The van der Waals surface area contributed by atoms with Gasteiger partial charge in [0.25, 0.3) is 5.69 Å². The van der Waals surface area contributed by atoms with Gasteiger partial charge in [-0.05, 0) is 19.1 Å². The third-order valence-corrected chi connectivity index (χ3v) is 2.17. The molecular weight excluding hydrogens is 240 g/mol. The fourth-order valence-electron chi connectivity index (χ4n) is 1.13. The van der Waals surface area contributed by atoms with Crippen molar-refractivity contribution in [3.8, 4) is 5.75 Å². The second-order valence-electron chi connectivity index (χ2n) is 3.51. The average Bonchev–Trinajstić information content (AvgIpc) is 2.34. The zero-order valence-electron chi connectivity index (χ0n) is 9.87. The fraction of sp³-hybridized carbons (Fsp3) is 0.364. The van der Waals surface area contributed by atoms with E-state index in [9.17, 15) is 14.9 Å². The monoisotopic (exact) mass is 254 g/mol. The number of nitrogens with zero attached hydrogens (tertiary/aromatic N) is 1. The number of carbonyl (C=O) groups is 1. The molecule has 7 heteroatoms. The summed E-state index contributed by atoms with van der Waals surface area (Å²) in [6.45, 7) is 1.99. The first-order valence-corrected chi connectivity index (χ1v) is 5.29. The summed E-state index contributed by atoms with van der Waals surface area (Å²) < 4.78 is 10.4. The van der Waals surface area contributed by atoms with E-state index in [0.29, 0.717) is 5.75 Å². The van der Waals surface area contributed by atoms with Crippen molar-refractivity contribution in [1.29, 1.82) is 0 Å². The molecule has 0 aliphatic carbocycles. The largest absolute Gasteiger partial charge is 0.491 e. The summed E-state index contributed by atoms with van der Waals surface area (Å²) in [5, 5.41) is 10.4. The van der Waals surface area contributed by atoms with Gasteiger partial charge in [-0.2, -0.15) is 0 Å². The molecule has 1 aromatic rings. The standard InChI is InChI=1S/C11H14N2O5/c1-8(11(12)14)17-6-7-18-10-4-2-9(3-5-10)13(15)16/h2-5,8H,6-7H2,1H3,(H2,12,14). The van der Waals surface area contributed by atoms with E-state index in [1.54, 1.807) is 6.92 Å². The lowest BCUT2D eigenvalue weighted by molar-refractivity contribution is -0.384. The lowest BCUT2D eigenvalue weighted by Crippen LogP contribution is -2.29. The first-order valence-electron chi connectivity index (χ1n) is 5.29. The number of hydrogen-bond donors (Lipinski definition) is 1. The van der Waals surface area contributed by atoms with Crippen molar-refractivity contribution < 1.29 is 19.2 Å². The molecule has 18 heavy (non-hydrogen) atoms. The number of non-ortho nitro benzene ring substituents is 1. The number of nitrogens with two attached hydrogens (primary N) is 1. The van der Waals surface area contributed by atoms with Gasteiger partial charge in [-0.3, -0.25) is 14.9 Å². The molecule has 0 saturated carbocycles. The second-order valence-corrected chi connectivity index (χ2v) is 3.51. The highest BCUT2D eigenvalue weighted by Gasteiger charge is 2.08. The van der Waals surface area contributed by atoms with Crippen molar-refractivity contribution >= 4 is 11.6 Å². The molecule has 2 N–H and O–H groups in total. The van der Waals surface area contributed by atoms with Crippen LogP contribution >= 0.6 is 0 Å². The zero-order chi connectivity index (χ0) is 13.5. The van der Waals surface area contributed by atoms with Crippen LogP contribution in [0.15, 0.2) is 24.3 Å². The van der Waals surface area contributed by atoms with Crippen LogP contribution in [0.3, 0.4) is 0 Å². The van der Waals surface area contributed by atoms with Gasteiger partial charge in [0.05, 0.1) is 11.5 Å². The Balaban J connectivity index is 2.31. The molecule has 7 nitrogen and oxygen atoms in total. The zero-order valence-corrected chi connectivity index (χ0v) is 9.87. The van der Waals surface area contributed by atoms with Crippen molar-refractivity contribution in [1.82, 2.24) is 0 Å². The second kappa shape index (κ2) is 6.55. The Labute approximate surface area is 104 Å². The van der Waals surface area contributed by atoms with E-state index < -0.39 is 16.9 Å². The minimum absolute atomic E-state index is 0.000880. The maximum Gasteiger partial charge on any atom is 0.269 e. The number of nitro groups is 1. The highest BCUT2D eigenvalue weighted by Crippen LogP contribution is 2.17. The Bertz CT molecular complexity index is 418. The molecule has 0 heterocycles. The highest BCUT2D eigenvalue weighted by molar-refractivity contribution is 5.78. The Morgan fingerprint density at radius 1 is 1.39 bits per heavy atom. The Kier molecular flexibility index (Phi) is 5.06. The van der Waals surface area contributed by atoms with Crippen LogP contribution in [0.4, 0.5) is 5.69 Å². The van der Waals surface area contributed by atoms with Crippen LogP contribution in [0.2, 0.25) is 0 Å². The molecule has 0 spiro atoms. The van der Waals surface area contributed by atoms with Gasteiger partial charge in [-0.1, -0.05) is 0 Å². The summed E-state index contributed by atoms with van der Waals surface area (Å²) in [6, 6.07) is 5.69. The molecule has 98 valence electrons. The van der Waals surface area contributed by atoms with Crippen LogP contribution in [0.1, 0.15) is 6.92 Å². The van der Waals surface area contributed by atoms with E-state index in [-0.39, 0.29) is 18.9 Å². The molecule has 0 aromatic heterocycles. The van der Waals surface area contributed by atoms with Crippen molar-refractivity contribution in [3.05, 3.63) is 34.4 Å². The third kappa shape index (κ3) is 4.38. The minimum atomic E-state index is -0.662. The molecule has 1 amide bonds. The maximum absolute atomic E-state index is 10.7. The molecule has 0 radical (unpaired) electrons. The number of carbonyl (C=O) groups excluding carboxylic acids is 1. The molecule has 1 atom stereocenters. The van der Waals surface area contributed by atoms with E-state index in [2.05, 4.69) is 0 Å². The SMILES string of the molecule is CC(OCCOc1ccc([N+](=O)[O-])cc1)C(N)=O. The average molecular weight is 254 g/mol. The van der Waals surface area contributed by atoms with Gasteiger partial charge in [0.2, 0.25) is 5.91 Å². The molecule has 0 fully saturated rings. The lowest BCUT2D eigenvalue weighted by atomic mass is 10.3. The number of amides is 1. The molecular formula is C11H14N2O5. The quantitative estimate of drug-likeness (QED) is 0.441. The first-order chi connectivity index (χ1) is 8.50. The van der Waals surface area contributed by atoms with Gasteiger partial charge < -0.3 is 15.2 Å². The Morgan fingerprint density at radius 2 is 2.00 bits per heavy atom. The Hall–Kier alpha value is -2.15. The van der Waals surface area contributed by atoms with Crippen molar-refractivity contribution in [2.45, 2.75) is 13.0 Å². The third-order valence-electron chi connectivity index (χ3n) is 2.17. The molecule has 0 saturated heterocycles. The number of benzene rings is 1. The lowest BCUT2D eigenvalue weighted by Gasteiger charge is -2.10. The van der Waals surface area contributed by atoms with Gasteiger partial charge in [-0.25, -0.2) is 0 Å². The highest BCUT2D eigenvalue weighted by atomic mass is 16.6. The summed E-state index contributed by atoms with van der Waals surface area (Å²) in [4.78, 5) is 20.6. The molecule has 0 aliphatic heterocycles. The number of hydrogen-bond acceptors (Lipinski definition) is 5. The molecule has 0 aliphatic rings. The smallest absolute Gasteiger partial charge is 0.269 e. The van der Waals surface area contributed by atoms with Gasteiger partial charge in [0.15, 0.2) is 0 Å². The van der Waals surface area contributed by atoms with Gasteiger partial charge in [0.1, 0.15) is 18.5 Å². The molecule has 1 aromatic carbocycles. The maximum atomic E-state index is 10.7. The van der Waals surface area contributed by atoms with E-state index >= 15 is 0 Å². The number of ether oxygens (including phenoxy) is 2. The van der Waals surface area contributed by atoms with Crippen LogP contribution in [-0.4, -0.2) is 30.1 Å². The minimum Gasteiger partial charge on any atom is -0.491 e. The van der Waals surface area contributed by atoms with Crippen LogP contribution in [0, 0.1) is 10.1 Å². The summed E-state index contributed by atoms with van der Waals surface area (Å²) >= 11 is 0. The predicted molar refractivity (Wildman–Crippen MR) is 63.2 cm³/mol. The Morgan fingerprint density at radius 3 is 2.50 bits per heavy atom. The van der Waals surface area contributed by atoms with E-state index in [0.717, 1.165) is 0 Å². The number of primary amides is 1. The topological polar surface area (TPSA) is 105 Å². The van der Waals surface area contributed by atoms with Gasteiger partial charge in [0, 0.05) is 12.1 Å². The van der Waals surface area contributed by atoms with Gasteiger partial charge in [-0.15, -0.1) is 0 Å². The normalized spacial score (nSPS) is 11.8. The number of rotatable bonds is 7. The van der Waals surface area contributed by atoms with Crippen LogP contribution < -0.4 is 10.5 Å². The van der Waals surface area contributed by atoms with Crippen LogP contribution in [-0.2, 0) is 9.53 Å². The summed E-state index contributed by atoms with van der Waals surface area (Å²) in [7, 11) is 0. The van der Waals surface area contributed by atoms with Crippen LogP contribution in [0.25, 0.3) is 0 Å². The predicted octanol–water partition coefficient (Wildman–Crippen LogP) is 0.864. The van der Waals surface area contributed by atoms with E-state index in [4.69, 9.17) is 15.2 Å². The first kappa shape index (κ1) is 13.9.